The molecule has 3 heterocycles. The first-order valence-corrected chi connectivity index (χ1v) is 16.8. The van der Waals surface area contributed by atoms with E-state index in [4.69, 9.17) is 16.0 Å². The third-order valence-electron chi connectivity index (χ3n) is 9.20. The predicted octanol–water partition coefficient (Wildman–Crippen LogP) is 7.92. The molecule has 1 aromatic heterocycles. The first-order valence-electron chi connectivity index (χ1n) is 16.4. The quantitative estimate of drug-likeness (QED) is 0.179. The predicted molar refractivity (Wildman–Crippen MR) is 188 cm³/mol. The van der Waals surface area contributed by atoms with Crippen LogP contribution in [0.2, 0.25) is 5.02 Å². The number of fused-ring (bicyclic) bond motifs is 1. The van der Waals surface area contributed by atoms with Crippen molar-refractivity contribution >= 4 is 39.9 Å². The second-order valence-electron chi connectivity index (χ2n) is 12.4. The molecule has 2 fully saturated rings. The highest BCUT2D eigenvalue weighted by atomic mass is 35.5. The average molecular weight is 636 g/mol. The van der Waals surface area contributed by atoms with Crippen LogP contribution in [-0.4, -0.2) is 36.5 Å². The minimum atomic E-state index is -0.0700. The van der Waals surface area contributed by atoms with Gasteiger partial charge in [0.1, 0.15) is 5.58 Å². The smallest absolute Gasteiger partial charge is 0.222 e. The lowest BCUT2D eigenvalue weighted by Gasteiger charge is -2.34. The molecular formula is C39H42ClN3O3. The van der Waals surface area contributed by atoms with E-state index in [0.717, 1.165) is 69.3 Å². The van der Waals surface area contributed by atoms with Gasteiger partial charge in [0.25, 0.3) is 0 Å². The molecule has 238 valence electrons. The van der Waals surface area contributed by atoms with Gasteiger partial charge in [-0.2, -0.15) is 0 Å². The van der Waals surface area contributed by atoms with Crippen LogP contribution in [0.5, 0.6) is 0 Å². The highest BCUT2D eigenvalue weighted by Crippen LogP contribution is 2.29. The summed E-state index contributed by atoms with van der Waals surface area (Å²) in [6.07, 6.45) is 8.43. The Bertz CT molecular complexity index is 1800. The van der Waals surface area contributed by atoms with E-state index in [9.17, 15) is 9.59 Å². The number of carbonyl (C=O) groups excluding carboxylic acids is 1. The van der Waals surface area contributed by atoms with E-state index in [-0.39, 0.29) is 17.4 Å². The van der Waals surface area contributed by atoms with Crippen LogP contribution in [0.1, 0.15) is 61.5 Å². The Kier molecular flexibility index (Phi) is 9.94. The lowest BCUT2D eigenvalue weighted by molar-refractivity contribution is -0.133. The van der Waals surface area contributed by atoms with Gasteiger partial charge in [-0.25, -0.2) is 0 Å². The van der Waals surface area contributed by atoms with Gasteiger partial charge in [-0.1, -0.05) is 79.2 Å². The van der Waals surface area contributed by atoms with Crippen LogP contribution < -0.4 is 15.6 Å². The number of halogens is 1. The molecule has 2 saturated heterocycles. The van der Waals surface area contributed by atoms with E-state index in [1.165, 1.54) is 22.9 Å². The van der Waals surface area contributed by atoms with Crippen LogP contribution in [0.4, 0.5) is 5.69 Å². The number of para-hydroxylation sites is 2. The molecule has 0 unspecified atom stereocenters. The number of amides is 1. The first kappa shape index (κ1) is 31.7. The molecule has 1 amide bonds. The summed E-state index contributed by atoms with van der Waals surface area (Å²) < 4.78 is 6.29. The summed E-state index contributed by atoms with van der Waals surface area (Å²) in [7, 11) is 0. The molecule has 1 atom stereocenters. The van der Waals surface area contributed by atoms with Gasteiger partial charge in [0, 0.05) is 55.4 Å². The molecule has 0 radical (unpaired) electrons. The Morgan fingerprint density at radius 3 is 2.48 bits per heavy atom. The summed E-state index contributed by atoms with van der Waals surface area (Å²) >= 11 is 6.18. The molecule has 2 aliphatic heterocycles. The van der Waals surface area contributed by atoms with Crippen LogP contribution in [-0.2, 0) is 24.2 Å². The van der Waals surface area contributed by atoms with Crippen LogP contribution in [0.25, 0.3) is 16.7 Å². The Morgan fingerprint density at radius 1 is 0.957 bits per heavy atom. The van der Waals surface area contributed by atoms with Gasteiger partial charge >= 0.3 is 0 Å². The first-order chi connectivity index (χ1) is 22.4. The van der Waals surface area contributed by atoms with E-state index in [1.54, 1.807) is 0 Å². The summed E-state index contributed by atoms with van der Waals surface area (Å²) in [4.78, 5) is 30.0. The van der Waals surface area contributed by atoms with Gasteiger partial charge in [-0.3, -0.25) is 9.59 Å². The van der Waals surface area contributed by atoms with Gasteiger partial charge in [0.15, 0.2) is 11.2 Å². The van der Waals surface area contributed by atoms with Gasteiger partial charge in [0.2, 0.25) is 5.91 Å². The zero-order valence-corrected chi connectivity index (χ0v) is 27.3. The van der Waals surface area contributed by atoms with Crippen molar-refractivity contribution in [3.05, 3.63) is 129 Å². The third kappa shape index (κ3) is 7.39. The van der Waals surface area contributed by atoms with Crippen molar-refractivity contribution in [2.24, 2.45) is 0 Å². The number of carbonyl (C=O) groups is 1. The van der Waals surface area contributed by atoms with Gasteiger partial charge in [0.05, 0.1) is 11.1 Å². The van der Waals surface area contributed by atoms with Crippen molar-refractivity contribution < 1.29 is 9.21 Å². The number of nitrogens with zero attached hydrogens (tertiary/aromatic N) is 2. The molecule has 3 aromatic carbocycles. The van der Waals surface area contributed by atoms with E-state index in [2.05, 4.69) is 66.2 Å². The standard InChI is InChI=1S/C39H42ClN3O3/c1-3-30-10-8-11-34-36(44)25-37(46-39(30)34)27(2)41-33(23-28-14-16-32(40)17-15-28)24-29-18-21-42(22-19-29)35-12-5-4-9-31(35)26-43-20-7-6-13-38(43)45/h4-5,8-12,14-17,24-25,33,41H,2-3,6-7,13,18-23,26H2,1H3/t33-/m0/s1. The molecule has 0 aliphatic carbocycles. The highest BCUT2D eigenvalue weighted by molar-refractivity contribution is 6.30. The Labute approximate surface area is 276 Å². The van der Waals surface area contributed by atoms with E-state index >= 15 is 0 Å². The monoisotopic (exact) mass is 635 g/mol. The zero-order valence-electron chi connectivity index (χ0n) is 26.6. The number of rotatable bonds is 10. The maximum atomic E-state index is 13.0. The summed E-state index contributed by atoms with van der Waals surface area (Å²) in [6, 6.07) is 23.6. The fourth-order valence-electron chi connectivity index (χ4n) is 6.66. The third-order valence-corrected chi connectivity index (χ3v) is 9.45. The Balaban J connectivity index is 1.20. The number of piperidine rings is 2. The van der Waals surface area contributed by atoms with Crippen molar-refractivity contribution in [3.8, 4) is 0 Å². The number of hydrogen-bond acceptors (Lipinski definition) is 5. The van der Waals surface area contributed by atoms with Crippen molar-refractivity contribution in [1.82, 2.24) is 10.2 Å². The lowest BCUT2D eigenvalue weighted by Crippen LogP contribution is -2.36. The molecule has 1 N–H and O–H groups in total. The van der Waals surface area contributed by atoms with Gasteiger partial charge in [-0.05, 0) is 79.5 Å². The minimum Gasteiger partial charge on any atom is -0.454 e. The second-order valence-corrected chi connectivity index (χ2v) is 12.8. The highest BCUT2D eigenvalue weighted by Gasteiger charge is 2.23. The largest absolute Gasteiger partial charge is 0.454 e. The van der Waals surface area contributed by atoms with E-state index in [1.807, 2.05) is 35.2 Å². The van der Waals surface area contributed by atoms with Crippen LogP contribution >= 0.6 is 11.6 Å². The fraction of sp³-hybridized carbons (Fsp3) is 0.333. The zero-order chi connectivity index (χ0) is 32.0. The van der Waals surface area contributed by atoms with Gasteiger partial charge in [-0.15, -0.1) is 0 Å². The van der Waals surface area contributed by atoms with E-state index in [0.29, 0.717) is 40.4 Å². The minimum absolute atomic E-state index is 0.0601. The molecule has 0 spiro atoms. The topological polar surface area (TPSA) is 65.8 Å². The summed E-state index contributed by atoms with van der Waals surface area (Å²) in [5.74, 6) is 0.719. The molecule has 6 nitrogen and oxygen atoms in total. The Morgan fingerprint density at radius 2 is 1.72 bits per heavy atom. The number of likely N-dealkylation sites (tertiary alicyclic amines) is 1. The number of nitrogens with one attached hydrogen (secondary N) is 1. The van der Waals surface area contributed by atoms with Crippen LogP contribution in [0, 0.1) is 0 Å². The molecular weight excluding hydrogens is 594 g/mol. The van der Waals surface area contributed by atoms with Crippen molar-refractivity contribution in [2.75, 3.05) is 24.5 Å². The lowest BCUT2D eigenvalue weighted by atomic mass is 9.96. The van der Waals surface area contributed by atoms with Crippen molar-refractivity contribution in [1.29, 1.82) is 0 Å². The number of hydrogen-bond donors (Lipinski definition) is 1. The molecule has 7 heteroatoms. The fourth-order valence-corrected chi connectivity index (χ4v) is 6.78. The molecule has 4 aromatic rings. The SMILES string of the molecule is C=C(N[C@H](C=C1CCN(c2ccccc2CN2CCCCC2=O)CC1)Cc1ccc(Cl)cc1)c1cc(=O)c2cccc(CC)c2o1. The summed E-state index contributed by atoms with van der Waals surface area (Å²) in [6.45, 7) is 9.69. The molecule has 0 bridgehead atoms. The molecule has 46 heavy (non-hydrogen) atoms. The van der Waals surface area contributed by atoms with Crippen LogP contribution in [0.15, 0.2) is 100 Å². The molecule has 2 aliphatic rings. The number of aryl methyl sites for hydroxylation is 1. The maximum Gasteiger partial charge on any atom is 0.222 e. The number of anilines is 1. The normalized spacial score (nSPS) is 16.0. The summed E-state index contributed by atoms with van der Waals surface area (Å²) in [5, 5.41) is 4.88. The average Bonchev–Trinajstić information content (AvgIpc) is 3.07. The van der Waals surface area contributed by atoms with Crippen LogP contribution in [0.3, 0.4) is 0 Å². The maximum absolute atomic E-state index is 13.0. The van der Waals surface area contributed by atoms with Crippen molar-refractivity contribution in [3.63, 3.8) is 0 Å². The van der Waals surface area contributed by atoms with Crippen molar-refractivity contribution in [2.45, 2.75) is 64.5 Å². The number of benzene rings is 3. The molecule has 0 saturated carbocycles. The van der Waals surface area contributed by atoms with Gasteiger partial charge < -0.3 is 19.5 Å². The second kappa shape index (κ2) is 14.4. The van der Waals surface area contributed by atoms with E-state index < -0.39 is 0 Å². The Hall–Kier alpha value is -4.29. The summed E-state index contributed by atoms with van der Waals surface area (Å²) in [5.41, 5.74) is 7.11. The molecule has 6 rings (SSSR count).